The van der Waals surface area contributed by atoms with E-state index >= 15 is 0 Å². The molecular formula is C5H5BrN2O. The molecule has 0 amide bonds. The summed E-state index contributed by atoms with van der Waals surface area (Å²) in [6.07, 6.45) is 1.51. The zero-order valence-corrected chi connectivity index (χ0v) is 6.10. The van der Waals surface area contributed by atoms with Gasteiger partial charge in [-0.2, -0.15) is 0 Å². The van der Waals surface area contributed by atoms with Gasteiger partial charge in [0.25, 0.3) is 0 Å². The van der Waals surface area contributed by atoms with E-state index in [0.29, 0.717) is 10.2 Å². The second-order valence-electron chi connectivity index (χ2n) is 1.60. The summed E-state index contributed by atoms with van der Waals surface area (Å²) < 4.78 is 0.710. The highest BCUT2D eigenvalue weighted by Gasteiger charge is 1.91. The van der Waals surface area contributed by atoms with Gasteiger partial charge in [-0.15, -0.1) is 0 Å². The standard InChI is InChI=1S/C5H5BrN2O/c6-3-2-8-5(9)1-4(3)7/h1-2H,(H3,7,8,9). The number of aromatic amines is 1. The van der Waals surface area contributed by atoms with Crippen molar-refractivity contribution in [3.8, 4) is 0 Å². The topological polar surface area (TPSA) is 58.9 Å². The first-order valence-electron chi connectivity index (χ1n) is 2.34. The fraction of sp³-hybridized carbons (Fsp3) is 0. The number of H-pyrrole nitrogens is 1. The van der Waals surface area contributed by atoms with Crippen LogP contribution in [0.4, 0.5) is 5.69 Å². The molecule has 9 heavy (non-hydrogen) atoms. The number of rotatable bonds is 0. The molecule has 0 saturated heterocycles. The molecule has 1 aromatic rings. The lowest BCUT2D eigenvalue weighted by Crippen LogP contribution is -2.04. The van der Waals surface area contributed by atoms with Gasteiger partial charge in [0.2, 0.25) is 5.56 Å². The maximum atomic E-state index is 10.5. The van der Waals surface area contributed by atoms with E-state index in [2.05, 4.69) is 20.9 Å². The first-order valence-corrected chi connectivity index (χ1v) is 3.13. The van der Waals surface area contributed by atoms with Crippen molar-refractivity contribution in [3.63, 3.8) is 0 Å². The second kappa shape index (κ2) is 2.23. The van der Waals surface area contributed by atoms with E-state index in [1.807, 2.05) is 0 Å². The Hall–Kier alpha value is -0.770. The molecule has 48 valence electrons. The summed E-state index contributed by atoms with van der Waals surface area (Å²) in [6, 6.07) is 1.32. The summed E-state index contributed by atoms with van der Waals surface area (Å²) in [4.78, 5) is 12.9. The van der Waals surface area contributed by atoms with Crippen LogP contribution in [0.15, 0.2) is 21.5 Å². The van der Waals surface area contributed by atoms with Crippen molar-refractivity contribution in [2.45, 2.75) is 0 Å². The Bertz CT molecular complexity index is 268. The number of nitrogens with two attached hydrogens (primary N) is 1. The lowest BCUT2D eigenvalue weighted by Gasteiger charge is -1.91. The third-order valence-electron chi connectivity index (χ3n) is 0.904. The van der Waals surface area contributed by atoms with Gasteiger partial charge >= 0.3 is 0 Å². The molecule has 1 rings (SSSR count). The minimum Gasteiger partial charge on any atom is -0.398 e. The van der Waals surface area contributed by atoms with Crippen molar-refractivity contribution >= 4 is 21.6 Å². The van der Waals surface area contributed by atoms with Crippen molar-refractivity contribution in [1.82, 2.24) is 4.98 Å². The minimum atomic E-state index is -0.185. The molecule has 3 N–H and O–H groups in total. The Morgan fingerprint density at radius 1 is 1.67 bits per heavy atom. The van der Waals surface area contributed by atoms with Crippen LogP contribution in [0.3, 0.4) is 0 Å². The Kier molecular flexibility index (Phi) is 1.57. The summed E-state index contributed by atoms with van der Waals surface area (Å²) in [5.41, 5.74) is 5.63. The van der Waals surface area contributed by atoms with Gasteiger partial charge in [0.05, 0.1) is 10.2 Å². The Morgan fingerprint density at radius 3 is 2.78 bits per heavy atom. The highest BCUT2D eigenvalue weighted by atomic mass is 79.9. The molecule has 0 fully saturated rings. The molecule has 0 saturated carbocycles. The van der Waals surface area contributed by atoms with Crippen molar-refractivity contribution in [1.29, 1.82) is 0 Å². The quantitative estimate of drug-likeness (QED) is 0.631. The summed E-state index contributed by atoms with van der Waals surface area (Å²) in [6.45, 7) is 0. The molecule has 0 bridgehead atoms. The van der Waals surface area contributed by atoms with E-state index in [4.69, 9.17) is 5.73 Å². The number of hydrogen-bond acceptors (Lipinski definition) is 2. The SMILES string of the molecule is Nc1cc(=O)[nH]cc1Br. The summed E-state index contributed by atoms with van der Waals surface area (Å²) in [5.74, 6) is 0. The van der Waals surface area contributed by atoms with Crippen LogP contribution < -0.4 is 11.3 Å². The molecule has 0 radical (unpaired) electrons. The van der Waals surface area contributed by atoms with E-state index < -0.39 is 0 Å². The van der Waals surface area contributed by atoms with Crippen LogP contribution in [0, 0.1) is 0 Å². The van der Waals surface area contributed by atoms with Gasteiger partial charge in [0.1, 0.15) is 0 Å². The molecule has 0 aliphatic heterocycles. The molecular weight excluding hydrogens is 184 g/mol. The number of hydrogen-bond donors (Lipinski definition) is 2. The summed E-state index contributed by atoms with van der Waals surface area (Å²) in [5, 5.41) is 0. The van der Waals surface area contributed by atoms with Gasteiger partial charge in [-0.05, 0) is 15.9 Å². The maximum Gasteiger partial charge on any atom is 0.250 e. The number of pyridine rings is 1. The molecule has 0 spiro atoms. The first kappa shape index (κ1) is 6.35. The number of aromatic nitrogens is 1. The van der Waals surface area contributed by atoms with E-state index in [1.165, 1.54) is 12.3 Å². The van der Waals surface area contributed by atoms with Gasteiger partial charge < -0.3 is 10.7 Å². The van der Waals surface area contributed by atoms with Gasteiger partial charge in [-0.1, -0.05) is 0 Å². The molecule has 0 unspecified atom stereocenters. The summed E-state index contributed by atoms with van der Waals surface area (Å²) >= 11 is 3.13. The third-order valence-corrected chi connectivity index (χ3v) is 1.59. The maximum absolute atomic E-state index is 10.5. The molecule has 3 nitrogen and oxygen atoms in total. The van der Waals surface area contributed by atoms with Gasteiger partial charge in [-0.3, -0.25) is 4.79 Å². The zero-order chi connectivity index (χ0) is 6.85. The van der Waals surface area contributed by atoms with Crippen LogP contribution in [0.5, 0.6) is 0 Å². The van der Waals surface area contributed by atoms with E-state index in [-0.39, 0.29) is 5.56 Å². The molecule has 4 heteroatoms. The van der Waals surface area contributed by atoms with Gasteiger partial charge in [0, 0.05) is 12.3 Å². The molecule has 0 aliphatic rings. The monoisotopic (exact) mass is 188 g/mol. The largest absolute Gasteiger partial charge is 0.398 e. The Balaban J connectivity index is 3.34. The number of nitrogens with one attached hydrogen (secondary N) is 1. The Labute approximate surface area is 60.0 Å². The van der Waals surface area contributed by atoms with Crippen LogP contribution in [0.1, 0.15) is 0 Å². The summed E-state index contributed by atoms with van der Waals surface area (Å²) in [7, 11) is 0. The minimum absolute atomic E-state index is 0.185. The Morgan fingerprint density at radius 2 is 2.33 bits per heavy atom. The van der Waals surface area contributed by atoms with E-state index in [0.717, 1.165) is 0 Å². The lowest BCUT2D eigenvalue weighted by atomic mass is 10.4. The van der Waals surface area contributed by atoms with Crippen LogP contribution in [0.2, 0.25) is 0 Å². The fourth-order valence-electron chi connectivity index (χ4n) is 0.470. The predicted octanol–water partition coefficient (Wildman–Crippen LogP) is 0.720. The lowest BCUT2D eigenvalue weighted by molar-refractivity contribution is 1.23. The second-order valence-corrected chi connectivity index (χ2v) is 2.45. The smallest absolute Gasteiger partial charge is 0.250 e. The normalized spacial score (nSPS) is 9.44. The van der Waals surface area contributed by atoms with Crippen LogP contribution in [-0.2, 0) is 0 Å². The number of nitrogen functional groups attached to an aromatic ring is 1. The van der Waals surface area contributed by atoms with Crippen molar-refractivity contribution in [3.05, 3.63) is 27.1 Å². The molecule has 1 aromatic heterocycles. The number of anilines is 1. The zero-order valence-electron chi connectivity index (χ0n) is 4.52. The van der Waals surface area contributed by atoms with Gasteiger partial charge in [0.15, 0.2) is 0 Å². The van der Waals surface area contributed by atoms with Crippen LogP contribution in [-0.4, -0.2) is 4.98 Å². The fourth-order valence-corrected chi connectivity index (χ4v) is 0.699. The first-order chi connectivity index (χ1) is 4.20. The average molecular weight is 189 g/mol. The molecule has 0 aliphatic carbocycles. The van der Waals surface area contributed by atoms with Gasteiger partial charge in [-0.25, -0.2) is 0 Å². The van der Waals surface area contributed by atoms with Crippen molar-refractivity contribution in [2.24, 2.45) is 0 Å². The van der Waals surface area contributed by atoms with Crippen molar-refractivity contribution < 1.29 is 0 Å². The molecule has 1 heterocycles. The predicted molar refractivity (Wildman–Crippen MR) is 39.2 cm³/mol. The number of halogens is 1. The highest BCUT2D eigenvalue weighted by Crippen LogP contribution is 2.13. The van der Waals surface area contributed by atoms with E-state index in [9.17, 15) is 4.79 Å². The molecule has 0 atom stereocenters. The third kappa shape index (κ3) is 1.32. The van der Waals surface area contributed by atoms with E-state index in [1.54, 1.807) is 0 Å². The molecule has 0 aromatic carbocycles. The van der Waals surface area contributed by atoms with Crippen molar-refractivity contribution in [2.75, 3.05) is 5.73 Å². The average Bonchev–Trinajstić information content (AvgIpc) is 1.80. The van der Waals surface area contributed by atoms with Crippen LogP contribution >= 0.6 is 15.9 Å². The highest BCUT2D eigenvalue weighted by molar-refractivity contribution is 9.10. The van der Waals surface area contributed by atoms with Crippen LogP contribution in [0.25, 0.3) is 0 Å².